The fourth-order valence-electron chi connectivity index (χ4n) is 6.64. The number of hydrogen-bond acceptors (Lipinski definition) is 5. The maximum atomic E-state index is 13.9. The first-order chi connectivity index (χ1) is 21.1. The number of hydrogen-bond donors (Lipinski definition) is 2. The van der Waals surface area contributed by atoms with Gasteiger partial charge in [-0.1, -0.05) is 76.8 Å². The molecule has 1 aliphatic heterocycles. The second-order valence-electron chi connectivity index (χ2n) is 11.8. The number of rotatable bonds is 8. The quantitative estimate of drug-likeness (QED) is 0.233. The van der Waals surface area contributed by atoms with Gasteiger partial charge in [-0.25, -0.2) is 18.2 Å². The maximum absolute atomic E-state index is 13.9. The predicted octanol–water partition coefficient (Wildman–Crippen LogP) is 6.11. The molecule has 1 saturated carbocycles. The SMILES string of the molecule is Cc1ccc(S(=O)(=O)N2[C@H](C(=O)NC(Cc3ccc4nc(-c5ccccc5Br)ccc4c3)C(=O)O)C[C@@H]3CCCC[C@@H]32)cc1. The molecule has 10 heteroatoms. The van der Waals surface area contributed by atoms with Crippen LogP contribution in [0.15, 0.2) is 88.2 Å². The van der Waals surface area contributed by atoms with Crippen molar-refractivity contribution in [3.63, 3.8) is 0 Å². The Balaban J connectivity index is 1.23. The number of nitrogens with one attached hydrogen (secondary N) is 1. The Bertz CT molecular complexity index is 1830. The zero-order chi connectivity index (χ0) is 31.0. The predicted molar refractivity (Wildman–Crippen MR) is 173 cm³/mol. The molecule has 2 N–H and O–H groups in total. The zero-order valence-electron chi connectivity index (χ0n) is 24.3. The zero-order valence-corrected chi connectivity index (χ0v) is 26.7. The van der Waals surface area contributed by atoms with E-state index in [9.17, 15) is 23.1 Å². The number of sulfonamides is 1. The normalized spacial score (nSPS) is 21.1. The summed E-state index contributed by atoms with van der Waals surface area (Å²) in [6.07, 6.45) is 3.87. The summed E-state index contributed by atoms with van der Waals surface area (Å²) in [6.45, 7) is 1.89. The molecule has 2 aliphatic rings. The van der Waals surface area contributed by atoms with E-state index in [4.69, 9.17) is 4.98 Å². The highest BCUT2D eigenvalue weighted by molar-refractivity contribution is 9.10. The number of carbonyl (C=O) groups excluding carboxylic acids is 1. The largest absolute Gasteiger partial charge is 0.480 e. The van der Waals surface area contributed by atoms with E-state index < -0.39 is 34.0 Å². The van der Waals surface area contributed by atoms with Crippen LogP contribution in [-0.2, 0) is 26.0 Å². The van der Waals surface area contributed by atoms with E-state index in [1.807, 2.05) is 61.5 Å². The summed E-state index contributed by atoms with van der Waals surface area (Å²) in [6, 6.07) is 21.4. The van der Waals surface area contributed by atoms with Crippen molar-refractivity contribution >= 4 is 48.7 Å². The summed E-state index contributed by atoms with van der Waals surface area (Å²) >= 11 is 3.57. The number of aromatic nitrogens is 1. The second kappa shape index (κ2) is 12.4. The van der Waals surface area contributed by atoms with Gasteiger partial charge in [0.1, 0.15) is 12.1 Å². The fourth-order valence-corrected chi connectivity index (χ4v) is 9.01. The maximum Gasteiger partial charge on any atom is 0.326 e. The van der Waals surface area contributed by atoms with Crippen LogP contribution < -0.4 is 5.32 Å². The molecule has 0 bridgehead atoms. The topological polar surface area (TPSA) is 117 Å². The molecule has 1 saturated heterocycles. The molecule has 0 radical (unpaired) electrons. The molecule has 6 rings (SSSR count). The van der Waals surface area contributed by atoms with Crippen molar-refractivity contribution in [2.75, 3.05) is 0 Å². The minimum absolute atomic E-state index is 0.0489. The Morgan fingerprint density at radius 1 is 1.02 bits per heavy atom. The van der Waals surface area contributed by atoms with Crippen LogP contribution in [0.3, 0.4) is 0 Å². The van der Waals surface area contributed by atoms with Crippen LogP contribution in [0.1, 0.15) is 43.2 Å². The fraction of sp³-hybridized carbons (Fsp3) is 0.324. The van der Waals surface area contributed by atoms with Crippen molar-refractivity contribution in [3.8, 4) is 11.3 Å². The van der Waals surface area contributed by atoms with Crippen molar-refractivity contribution in [1.29, 1.82) is 0 Å². The van der Waals surface area contributed by atoms with E-state index in [1.165, 1.54) is 4.31 Å². The number of carboxylic acid groups (broad SMARTS) is 1. The van der Waals surface area contributed by atoms with E-state index >= 15 is 0 Å². The number of nitrogens with zero attached hydrogens (tertiary/aromatic N) is 2. The molecule has 1 unspecified atom stereocenters. The van der Waals surface area contributed by atoms with Crippen LogP contribution in [-0.4, -0.2) is 52.8 Å². The number of pyridine rings is 1. The minimum atomic E-state index is -3.97. The summed E-state index contributed by atoms with van der Waals surface area (Å²) in [4.78, 5) is 31.1. The molecule has 4 atom stereocenters. The first-order valence-electron chi connectivity index (χ1n) is 14.9. The second-order valence-corrected chi connectivity index (χ2v) is 14.5. The molecule has 4 aromatic rings. The highest BCUT2D eigenvalue weighted by Gasteiger charge is 2.51. The summed E-state index contributed by atoms with van der Waals surface area (Å²) in [5, 5.41) is 13.7. The van der Waals surface area contributed by atoms with Crippen LogP contribution in [0.5, 0.6) is 0 Å². The highest BCUT2D eigenvalue weighted by atomic mass is 79.9. The molecule has 1 amide bonds. The number of aliphatic carboxylic acids is 1. The monoisotopic (exact) mass is 675 g/mol. The van der Waals surface area contributed by atoms with Crippen molar-refractivity contribution in [2.24, 2.45) is 5.92 Å². The van der Waals surface area contributed by atoms with E-state index in [0.29, 0.717) is 12.8 Å². The third-order valence-electron chi connectivity index (χ3n) is 8.89. The van der Waals surface area contributed by atoms with Crippen LogP contribution in [0.2, 0.25) is 0 Å². The van der Waals surface area contributed by atoms with Crippen molar-refractivity contribution < 1.29 is 23.1 Å². The number of fused-ring (bicyclic) bond motifs is 2. The molecular formula is C34H34BrN3O5S. The van der Waals surface area contributed by atoms with Gasteiger partial charge in [-0.2, -0.15) is 4.31 Å². The first-order valence-corrected chi connectivity index (χ1v) is 17.1. The average molecular weight is 677 g/mol. The molecule has 2 fully saturated rings. The Kier molecular flexibility index (Phi) is 8.59. The highest BCUT2D eigenvalue weighted by Crippen LogP contribution is 2.43. The molecule has 8 nitrogen and oxygen atoms in total. The van der Waals surface area contributed by atoms with Gasteiger partial charge in [0.05, 0.1) is 16.1 Å². The van der Waals surface area contributed by atoms with E-state index in [0.717, 1.165) is 57.0 Å². The number of halogens is 1. The van der Waals surface area contributed by atoms with Gasteiger partial charge < -0.3 is 10.4 Å². The summed E-state index contributed by atoms with van der Waals surface area (Å²) in [7, 11) is -3.97. The van der Waals surface area contributed by atoms with Gasteiger partial charge in [0.25, 0.3) is 0 Å². The number of aryl methyl sites for hydroxylation is 1. The third-order valence-corrected chi connectivity index (χ3v) is 11.5. The molecular weight excluding hydrogens is 642 g/mol. The van der Waals surface area contributed by atoms with Crippen molar-refractivity contribution in [3.05, 3.63) is 94.5 Å². The van der Waals surface area contributed by atoms with Gasteiger partial charge in [-0.05, 0) is 74.1 Å². The van der Waals surface area contributed by atoms with E-state index in [2.05, 4.69) is 21.2 Å². The van der Waals surface area contributed by atoms with Gasteiger partial charge in [-0.15, -0.1) is 0 Å². The summed E-state index contributed by atoms with van der Waals surface area (Å²) in [5.74, 6) is -1.68. The average Bonchev–Trinajstić information content (AvgIpc) is 3.42. The number of benzene rings is 3. The van der Waals surface area contributed by atoms with Crippen LogP contribution >= 0.6 is 15.9 Å². The smallest absolute Gasteiger partial charge is 0.326 e. The molecule has 3 aromatic carbocycles. The van der Waals surface area contributed by atoms with Gasteiger partial charge in [0, 0.05) is 27.9 Å². The molecule has 0 spiro atoms. The lowest BCUT2D eigenvalue weighted by atomic mass is 9.85. The number of amides is 1. The summed E-state index contributed by atoms with van der Waals surface area (Å²) < 4.78 is 30.1. The Morgan fingerprint density at radius 3 is 2.52 bits per heavy atom. The van der Waals surface area contributed by atoms with Crippen LogP contribution in [0, 0.1) is 12.8 Å². The Labute approximate surface area is 265 Å². The number of carboxylic acids is 1. The van der Waals surface area contributed by atoms with Gasteiger partial charge in [0.15, 0.2) is 0 Å². The minimum Gasteiger partial charge on any atom is -0.480 e. The molecule has 44 heavy (non-hydrogen) atoms. The first kappa shape index (κ1) is 30.4. The molecule has 1 aromatic heterocycles. The molecule has 228 valence electrons. The van der Waals surface area contributed by atoms with Crippen molar-refractivity contribution in [1.82, 2.24) is 14.6 Å². The Morgan fingerprint density at radius 2 is 1.77 bits per heavy atom. The van der Waals surface area contributed by atoms with Gasteiger partial charge >= 0.3 is 5.97 Å². The van der Waals surface area contributed by atoms with E-state index in [1.54, 1.807) is 24.3 Å². The van der Waals surface area contributed by atoms with Gasteiger partial charge in [0.2, 0.25) is 15.9 Å². The lowest BCUT2D eigenvalue weighted by Crippen LogP contribution is -2.53. The van der Waals surface area contributed by atoms with Crippen molar-refractivity contribution in [2.45, 2.75) is 68.5 Å². The lowest BCUT2D eigenvalue weighted by Gasteiger charge is -2.33. The molecule has 2 heterocycles. The van der Waals surface area contributed by atoms with Gasteiger partial charge in [-0.3, -0.25) is 4.79 Å². The van der Waals surface area contributed by atoms with Crippen LogP contribution in [0.4, 0.5) is 0 Å². The Hall–Kier alpha value is -3.60. The summed E-state index contributed by atoms with van der Waals surface area (Å²) in [5.41, 5.74) is 4.22. The standard InChI is InChI=1S/C34H34BrN3O5S/c1-21-10-14-25(15-11-21)44(42,43)38-31-9-5-2-6-24(31)20-32(38)33(39)37-30(34(40)41)19-22-12-16-28-23(18-22)13-17-29(36-28)26-7-3-4-8-27(26)35/h3-4,7-8,10-18,24,30-32H,2,5-6,9,19-20H2,1H3,(H,37,39)(H,40,41)/t24-,30?,31-,32-/m0/s1. The van der Waals surface area contributed by atoms with E-state index in [-0.39, 0.29) is 23.3 Å². The number of carbonyl (C=O) groups is 2. The van der Waals surface area contributed by atoms with Crippen LogP contribution in [0.25, 0.3) is 22.2 Å². The lowest BCUT2D eigenvalue weighted by molar-refractivity contribution is -0.142. The third kappa shape index (κ3) is 6.03. The molecule has 1 aliphatic carbocycles.